The van der Waals surface area contributed by atoms with Crippen molar-refractivity contribution in [1.82, 2.24) is 15.1 Å². The molecule has 2 heterocycles. The number of likely N-dealkylation sites (tertiary alicyclic amines) is 2. The summed E-state index contributed by atoms with van der Waals surface area (Å²) >= 11 is 0. The molecule has 1 N–H and O–H groups in total. The van der Waals surface area contributed by atoms with E-state index >= 15 is 0 Å². The van der Waals surface area contributed by atoms with Crippen molar-refractivity contribution in [3.05, 3.63) is 0 Å². The lowest BCUT2D eigenvalue weighted by Gasteiger charge is -2.35. The number of carbonyl (C=O) groups excluding carboxylic acids is 2. The molecule has 0 saturated carbocycles. The van der Waals surface area contributed by atoms with Crippen LogP contribution < -0.4 is 5.32 Å². The number of amides is 2. The van der Waals surface area contributed by atoms with Crippen molar-refractivity contribution in [2.24, 2.45) is 5.92 Å². The zero-order valence-corrected chi connectivity index (χ0v) is 13.9. The minimum absolute atomic E-state index is 0.0950. The van der Waals surface area contributed by atoms with Gasteiger partial charge in [-0.2, -0.15) is 13.2 Å². The molecule has 24 heavy (non-hydrogen) atoms. The molecule has 0 radical (unpaired) electrons. The third-order valence-corrected chi connectivity index (χ3v) is 4.64. The second-order valence-corrected chi connectivity index (χ2v) is 6.64. The van der Waals surface area contributed by atoms with E-state index in [0.29, 0.717) is 13.1 Å². The van der Waals surface area contributed by atoms with E-state index in [4.69, 9.17) is 0 Å². The number of piperidine rings is 1. The molecule has 8 heteroatoms. The second kappa shape index (κ2) is 8.69. The lowest BCUT2D eigenvalue weighted by Crippen LogP contribution is -2.49. The van der Waals surface area contributed by atoms with Gasteiger partial charge in [-0.15, -0.1) is 0 Å². The Kier molecular flexibility index (Phi) is 6.89. The van der Waals surface area contributed by atoms with E-state index in [2.05, 4.69) is 5.32 Å². The highest BCUT2D eigenvalue weighted by Gasteiger charge is 2.32. The summed E-state index contributed by atoms with van der Waals surface area (Å²) in [6, 6.07) is 0. The predicted molar refractivity (Wildman–Crippen MR) is 83.3 cm³/mol. The highest BCUT2D eigenvalue weighted by molar-refractivity contribution is 5.82. The van der Waals surface area contributed by atoms with E-state index in [1.165, 1.54) is 4.90 Å². The van der Waals surface area contributed by atoms with Crippen LogP contribution in [-0.4, -0.2) is 67.1 Å². The zero-order valence-electron chi connectivity index (χ0n) is 13.9. The van der Waals surface area contributed by atoms with Gasteiger partial charge in [0.1, 0.15) is 0 Å². The van der Waals surface area contributed by atoms with E-state index in [1.54, 1.807) is 0 Å². The van der Waals surface area contributed by atoms with Crippen molar-refractivity contribution in [3.8, 4) is 0 Å². The lowest BCUT2D eigenvalue weighted by molar-refractivity contribution is -0.141. The van der Waals surface area contributed by atoms with Crippen LogP contribution in [0, 0.1) is 5.92 Å². The maximum atomic E-state index is 12.6. The topological polar surface area (TPSA) is 52.7 Å². The molecular weight excluding hydrogens is 323 g/mol. The smallest absolute Gasteiger partial charge is 0.342 e. The Morgan fingerprint density at radius 2 is 1.58 bits per heavy atom. The predicted octanol–water partition coefficient (Wildman–Crippen LogP) is 1.78. The van der Waals surface area contributed by atoms with Crippen molar-refractivity contribution in [3.63, 3.8) is 0 Å². The minimum atomic E-state index is -4.33. The van der Waals surface area contributed by atoms with Gasteiger partial charge in [-0.05, 0) is 25.7 Å². The van der Waals surface area contributed by atoms with Crippen molar-refractivity contribution < 1.29 is 22.8 Å². The number of hydrogen-bond acceptors (Lipinski definition) is 3. The molecule has 0 aliphatic carbocycles. The van der Waals surface area contributed by atoms with Gasteiger partial charge in [0.2, 0.25) is 11.8 Å². The SMILES string of the molecule is O=C(CNCC(F)(F)F)N1CCCC(C(=O)N2CCCCCC2)C1. The van der Waals surface area contributed by atoms with Gasteiger partial charge in [-0.3, -0.25) is 9.59 Å². The largest absolute Gasteiger partial charge is 0.401 e. The molecule has 138 valence electrons. The maximum absolute atomic E-state index is 12.6. The minimum Gasteiger partial charge on any atom is -0.342 e. The van der Waals surface area contributed by atoms with Crippen molar-refractivity contribution in [1.29, 1.82) is 0 Å². The van der Waals surface area contributed by atoms with Crippen LogP contribution in [0.25, 0.3) is 0 Å². The third-order valence-electron chi connectivity index (χ3n) is 4.64. The number of halogens is 3. The zero-order chi connectivity index (χ0) is 17.6. The first-order chi connectivity index (χ1) is 11.4. The van der Waals surface area contributed by atoms with E-state index in [9.17, 15) is 22.8 Å². The highest BCUT2D eigenvalue weighted by Crippen LogP contribution is 2.21. The van der Waals surface area contributed by atoms with Crippen LogP contribution in [0.3, 0.4) is 0 Å². The number of alkyl halides is 3. The average Bonchev–Trinajstić information content (AvgIpc) is 2.82. The van der Waals surface area contributed by atoms with Crippen LogP contribution in [0.5, 0.6) is 0 Å². The van der Waals surface area contributed by atoms with Crippen LogP contribution in [0.4, 0.5) is 13.2 Å². The van der Waals surface area contributed by atoms with Crippen LogP contribution in [0.15, 0.2) is 0 Å². The van der Waals surface area contributed by atoms with Gasteiger partial charge in [-0.1, -0.05) is 12.8 Å². The van der Waals surface area contributed by atoms with Crippen LogP contribution in [-0.2, 0) is 9.59 Å². The van der Waals surface area contributed by atoms with E-state index < -0.39 is 12.7 Å². The Hall–Kier alpha value is -1.31. The normalized spacial score (nSPS) is 23.0. The summed E-state index contributed by atoms with van der Waals surface area (Å²) in [5.41, 5.74) is 0. The lowest BCUT2D eigenvalue weighted by atomic mass is 9.96. The summed E-state index contributed by atoms with van der Waals surface area (Å²) < 4.78 is 36.4. The third kappa shape index (κ3) is 5.96. The number of carbonyl (C=O) groups is 2. The summed E-state index contributed by atoms with van der Waals surface area (Å²) in [6.45, 7) is 0.859. The Morgan fingerprint density at radius 1 is 0.958 bits per heavy atom. The van der Waals surface area contributed by atoms with Gasteiger partial charge in [0.15, 0.2) is 0 Å². The molecule has 2 fully saturated rings. The first-order valence-corrected chi connectivity index (χ1v) is 8.71. The molecule has 1 unspecified atom stereocenters. The molecule has 0 aromatic carbocycles. The van der Waals surface area contributed by atoms with Gasteiger partial charge in [0.25, 0.3) is 0 Å². The van der Waals surface area contributed by atoms with E-state index in [1.807, 2.05) is 4.90 Å². The van der Waals surface area contributed by atoms with Crippen LogP contribution >= 0.6 is 0 Å². The molecule has 2 aliphatic heterocycles. The van der Waals surface area contributed by atoms with Gasteiger partial charge in [0, 0.05) is 26.2 Å². The second-order valence-electron chi connectivity index (χ2n) is 6.64. The molecule has 5 nitrogen and oxygen atoms in total. The number of rotatable bonds is 4. The van der Waals surface area contributed by atoms with Crippen molar-refractivity contribution in [2.75, 3.05) is 39.3 Å². The summed E-state index contributed by atoms with van der Waals surface area (Å²) in [6.07, 6.45) is 1.45. The molecule has 0 aromatic rings. The quantitative estimate of drug-likeness (QED) is 0.842. The molecule has 2 saturated heterocycles. The Morgan fingerprint density at radius 3 is 2.21 bits per heavy atom. The summed E-state index contributed by atoms with van der Waals surface area (Å²) in [7, 11) is 0. The number of nitrogens with one attached hydrogen (secondary N) is 1. The van der Waals surface area contributed by atoms with Crippen LogP contribution in [0.1, 0.15) is 38.5 Å². The molecule has 0 bridgehead atoms. The molecule has 2 amide bonds. The average molecular weight is 349 g/mol. The first kappa shape index (κ1) is 19.0. The van der Waals surface area contributed by atoms with Gasteiger partial charge >= 0.3 is 6.18 Å². The fourth-order valence-electron chi connectivity index (χ4n) is 3.38. The fourth-order valence-corrected chi connectivity index (χ4v) is 3.38. The van der Waals surface area contributed by atoms with Gasteiger partial charge in [0.05, 0.1) is 19.0 Å². The van der Waals surface area contributed by atoms with Gasteiger partial charge < -0.3 is 15.1 Å². The number of nitrogens with zero attached hydrogens (tertiary/aromatic N) is 2. The van der Waals surface area contributed by atoms with Gasteiger partial charge in [-0.25, -0.2) is 0 Å². The summed E-state index contributed by atoms with van der Waals surface area (Å²) in [5.74, 6) is -0.492. The molecule has 0 aromatic heterocycles. The molecular formula is C16H26F3N3O2. The Labute approximate surface area is 140 Å². The fraction of sp³-hybridized carbons (Fsp3) is 0.875. The summed E-state index contributed by atoms with van der Waals surface area (Å²) in [4.78, 5) is 28.1. The van der Waals surface area contributed by atoms with E-state index in [-0.39, 0.29) is 24.3 Å². The molecule has 2 rings (SSSR count). The van der Waals surface area contributed by atoms with Crippen LogP contribution in [0.2, 0.25) is 0 Å². The first-order valence-electron chi connectivity index (χ1n) is 8.71. The molecule has 1 atom stereocenters. The van der Waals surface area contributed by atoms with Crippen molar-refractivity contribution in [2.45, 2.75) is 44.7 Å². The van der Waals surface area contributed by atoms with E-state index in [0.717, 1.165) is 51.6 Å². The number of hydrogen-bond donors (Lipinski definition) is 1. The highest BCUT2D eigenvalue weighted by atomic mass is 19.4. The summed E-state index contributed by atoms with van der Waals surface area (Å²) in [5, 5.41) is 2.13. The Balaban J connectivity index is 1.81. The maximum Gasteiger partial charge on any atom is 0.401 e. The van der Waals surface area contributed by atoms with Crippen molar-refractivity contribution >= 4 is 11.8 Å². The Bertz CT molecular complexity index is 435. The monoisotopic (exact) mass is 349 g/mol. The molecule has 0 spiro atoms. The molecule has 2 aliphatic rings. The standard InChI is InChI=1S/C16H26F3N3O2/c17-16(18,19)12-20-10-14(23)22-9-5-6-13(11-22)15(24)21-7-3-1-2-4-8-21/h13,20H,1-12H2.